The van der Waals surface area contributed by atoms with Gasteiger partial charge in [-0.2, -0.15) is 0 Å². The molecule has 0 saturated heterocycles. The lowest BCUT2D eigenvalue weighted by Crippen LogP contribution is -2.30. The highest BCUT2D eigenvalue weighted by Crippen LogP contribution is 2.36. The number of esters is 1. The summed E-state index contributed by atoms with van der Waals surface area (Å²) in [6, 6.07) is 9.33. The summed E-state index contributed by atoms with van der Waals surface area (Å²) >= 11 is 6.07. The second-order valence-electron chi connectivity index (χ2n) is 5.35. The largest absolute Gasteiger partial charge is 0.495 e. The molecule has 1 atom stereocenters. The Morgan fingerprint density at radius 1 is 1.12 bits per heavy atom. The summed E-state index contributed by atoms with van der Waals surface area (Å²) < 4.78 is 15.5. The van der Waals surface area contributed by atoms with E-state index in [9.17, 15) is 9.59 Å². The van der Waals surface area contributed by atoms with Crippen molar-refractivity contribution in [1.82, 2.24) is 0 Å². The molecular weight excluding hydrogens is 360 g/mol. The van der Waals surface area contributed by atoms with E-state index in [1.54, 1.807) is 24.3 Å². The first kappa shape index (κ1) is 19.4. The molecule has 2 aromatic carbocycles. The van der Waals surface area contributed by atoms with Gasteiger partial charge in [0.25, 0.3) is 5.91 Å². The number of hydrogen-bond acceptors (Lipinski definition) is 6. The van der Waals surface area contributed by atoms with Gasteiger partial charge < -0.3 is 25.3 Å². The van der Waals surface area contributed by atoms with Crippen molar-refractivity contribution in [2.75, 3.05) is 25.3 Å². The van der Waals surface area contributed by atoms with Crippen LogP contribution in [0.1, 0.15) is 17.3 Å². The quantitative estimate of drug-likeness (QED) is 0.591. The Balaban J connectivity index is 2.09. The maximum absolute atomic E-state index is 12.3. The van der Waals surface area contributed by atoms with Crippen LogP contribution in [0.25, 0.3) is 0 Å². The Morgan fingerprint density at radius 3 is 2.42 bits per heavy atom. The van der Waals surface area contributed by atoms with Gasteiger partial charge in [-0.3, -0.25) is 4.79 Å². The number of carbonyl (C=O) groups excluding carboxylic acids is 2. The lowest BCUT2D eigenvalue weighted by Gasteiger charge is -2.16. The predicted molar refractivity (Wildman–Crippen MR) is 98.9 cm³/mol. The topological polar surface area (TPSA) is 99.9 Å². The second kappa shape index (κ2) is 8.44. The number of carbonyl (C=O) groups is 2. The van der Waals surface area contributed by atoms with Crippen molar-refractivity contribution in [1.29, 1.82) is 0 Å². The molecule has 26 heavy (non-hydrogen) atoms. The van der Waals surface area contributed by atoms with Gasteiger partial charge in [-0.05, 0) is 31.2 Å². The van der Waals surface area contributed by atoms with Gasteiger partial charge in [0.1, 0.15) is 11.5 Å². The molecule has 8 heteroatoms. The number of nitrogens with one attached hydrogen (secondary N) is 1. The van der Waals surface area contributed by atoms with Crippen molar-refractivity contribution in [2.24, 2.45) is 0 Å². The monoisotopic (exact) mass is 378 g/mol. The molecule has 0 bridgehead atoms. The Kier molecular flexibility index (Phi) is 6.30. The number of anilines is 2. The normalized spacial score (nSPS) is 11.4. The number of hydrogen-bond donors (Lipinski definition) is 2. The van der Waals surface area contributed by atoms with Crippen LogP contribution in [-0.4, -0.2) is 32.2 Å². The fraction of sp³-hybridized carbons (Fsp3) is 0.222. The Labute approximate surface area is 156 Å². The van der Waals surface area contributed by atoms with E-state index in [4.69, 9.17) is 31.5 Å². The van der Waals surface area contributed by atoms with E-state index in [0.717, 1.165) is 0 Å². The van der Waals surface area contributed by atoms with E-state index in [2.05, 4.69) is 5.32 Å². The zero-order valence-electron chi connectivity index (χ0n) is 14.5. The van der Waals surface area contributed by atoms with Gasteiger partial charge in [0.15, 0.2) is 6.10 Å². The SMILES string of the molecule is COc1cc(OC)c(NC(=O)C(C)OC(=O)c2cccc(N)c2)cc1Cl. The number of halogens is 1. The Bertz CT molecular complexity index is 825. The highest BCUT2D eigenvalue weighted by Gasteiger charge is 2.21. The average molecular weight is 379 g/mol. The van der Waals surface area contributed by atoms with Crippen molar-refractivity contribution in [3.8, 4) is 11.5 Å². The first-order valence-corrected chi connectivity index (χ1v) is 8.02. The van der Waals surface area contributed by atoms with Crippen molar-refractivity contribution in [3.05, 3.63) is 47.0 Å². The maximum Gasteiger partial charge on any atom is 0.338 e. The first-order chi connectivity index (χ1) is 12.3. The van der Waals surface area contributed by atoms with Crippen LogP contribution in [0.5, 0.6) is 11.5 Å². The third kappa shape index (κ3) is 4.58. The molecule has 0 aliphatic heterocycles. The fourth-order valence-electron chi connectivity index (χ4n) is 2.14. The summed E-state index contributed by atoms with van der Waals surface area (Å²) in [5.41, 5.74) is 6.65. The zero-order valence-corrected chi connectivity index (χ0v) is 15.3. The van der Waals surface area contributed by atoms with Crippen molar-refractivity contribution >= 4 is 34.9 Å². The van der Waals surface area contributed by atoms with Gasteiger partial charge >= 0.3 is 5.97 Å². The van der Waals surface area contributed by atoms with E-state index in [1.165, 1.54) is 33.3 Å². The highest BCUT2D eigenvalue weighted by molar-refractivity contribution is 6.32. The lowest BCUT2D eigenvalue weighted by molar-refractivity contribution is -0.123. The number of methoxy groups -OCH3 is 2. The number of ether oxygens (including phenoxy) is 3. The molecule has 0 aliphatic carbocycles. The molecule has 7 nitrogen and oxygen atoms in total. The molecule has 138 valence electrons. The molecular formula is C18H19ClN2O5. The van der Waals surface area contributed by atoms with Gasteiger partial charge in [0.2, 0.25) is 0 Å². The molecule has 2 aromatic rings. The van der Waals surface area contributed by atoms with Crippen molar-refractivity contribution < 1.29 is 23.8 Å². The van der Waals surface area contributed by atoms with Gasteiger partial charge in [0.05, 0.1) is 30.5 Å². The number of benzene rings is 2. The minimum absolute atomic E-state index is 0.259. The van der Waals surface area contributed by atoms with Crippen LogP contribution in [-0.2, 0) is 9.53 Å². The van der Waals surface area contributed by atoms with Crippen LogP contribution >= 0.6 is 11.6 Å². The van der Waals surface area contributed by atoms with Crippen LogP contribution < -0.4 is 20.5 Å². The van der Waals surface area contributed by atoms with Crippen LogP contribution in [0, 0.1) is 0 Å². The van der Waals surface area contributed by atoms with Crippen molar-refractivity contribution in [3.63, 3.8) is 0 Å². The van der Waals surface area contributed by atoms with Crippen LogP contribution in [0.2, 0.25) is 5.02 Å². The standard InChI is InChI=1S/C18H19ClN2O5/c1-10(26-18(23)11-5-4-6-12(20)7-11)17(22)21-14-8-13(19)15(24-2)9-16(14)25-3/h4-10H,20H2,1-3H3,(H,21,22). The summed E-state index contributed by atoms with van der Waals surface area (Å²) in [6.07, 6.45) is -1.05. The average Bonchev–Trinajstić information content (AvgIpc) is 2.61. The summed E-state index contributed by atoms with van der Waals surface area (Å²) in [5, 5.41) is 2.91. The molecule has 3 N–H and O–H groups in total. The molecule has 0 aliphatic rings. The number of nitrogens with two attached hydrogens (primary N) is 1. The van der Waals surface area contributed by atoms with Gasteiger partial charge in [0, 0.05) is 11.8 Å². The molecule has 0 fully saturated rings. The van der Waals surface area contributed by atoms with E-state index >= 15 is 0 Å². The lowest BCUT2D eigenvalue weighted by atomic mass is 10.2. The van der Waals surface area contributed by atoms with Crippen LogP contribution in [0.3, 0.4) is 0 Å². The predicted octanol–water partition coefficient (Wildman–Crippen LogP) is 3.12. The molecule has 0 heterocycles. The summed E-state index contributed by atoms with van der Waals surface area (Å²) in [6.45, 7) is 1.46. The number of amides is 1. The third-order valence-corrected chi connectivity index (χ3v) is 3.80. The smallest absolute Gasteiger partial charge is 0.338 e. The number of nitrogen functional groups attached to an aromatic ring is 1. The minimum atomic E-state index is -1.05. The third-order valence-electron chi connectivity index (χ3n) is 3.51. The Hall–Kier alpha value is -2.93. The summed E-state index contributed by atoms with van der Waals surface area (Å²) in [5.74, 6) is -0.432. The minimum Gasteiger partial charge on any atom is -0.495 e. The van der Waals surface area contributed by atoms with Crippen molar-refractivity contribution in [2.45, 2.75) is 13.0 Å². The summed E-state index contributed by atoms with van der Waals surface area (Å²) in [4.78, 5) is 24.4. The maximum atomic E-state index is 12.3. The highest BCUT2D eigenvalue weighted by atomic mass is 35.5. The Morgan fingerprint density at radius 2 is 1.81 bits per heavy atom. The number of rotatable bonds is 6. The van der Waals surface area contributed by atoms with Gasteiger partial charge in [-0.15, -0.1) is 0 Å². The van der Waals surface area contributed by atoms with Gasteiger partial charge in [-0.25, -0.2) is 4.79 Å². The first-order valence-electron chi connectivity index (χ1n) is 7.64. The molecule has 1 unspecified atom stereocenters. The van der Waals surface area contributed by atoms with Crippen LogP contribution in [0.15, 0.2) is 36.4 Å². The van der Waals surface area contributed by atoms with Crippen LogP contribution in [0.4, 0.5) is 11.4 Å². The van der Waals surface area contributed by atoms with E-state index in [0.29, 0.717) is 27.9 Å². The molecule has 0 saturated carbocycles. The molecule has 1 amide bonds. The molecule has 0 aromatic heterocycles. The second-order valence-corrected chi connectivity index (χ2v) is 5.76. The summed E-state index contributed by atoms with van der Waals surface area (Å²) in [7, 11) is 2.92. The zero-order chi connectivity index (χ0) is 19.3. The van der Waals surface area contributed by atoms with E-state index in [-0.39, 0.29) is 5.56 Å². The van der Waals surface area contributed by atoms with E-state index in [1.807, 2.05) is 0 Å². The van der Waals surface area contributed by atoms with E-state index < -0.39 is 18.0 Å². The molecule has 2 rings (SSSR count). The molecule has 0 radical (unpaired) electrons. The molecule has 0 spiro atoms. The van der Waals surface area contributed by atoms with Gasteiger partial charge in [-0.1, -0.05) is 17.7 Å². The fourth-order valence-corrected chi connectivity index (χ4v) is 2.38.